The van der Waals surface area contributed by atoms with E-state index in [0.29, 0.717) is 0 Å². The number of aromatic nitrogens is 4. The summed E-state index contributed by atoms with van der Waals surface area (Å²) in [5.74, 6) is -0.121. The molecule has 2 aromatic rings. The van der Waals surface area contributed by atoms with Crippen LogP contribution in [0.4, 0.5) is 5.82 Å². The number of nitrogens with two attached hydrogens (primary N) is 1. The van der Waals surface area contributed by atoms with Crippen LogP contribution in [0.25, 0.3) is 11.2 Å². The summed E-state index contributed by atoms with van der Waals surface area (Å²) in [6, 6.07) is -0.492. The van der Waals surface area contributed by atoms with E-state index in [1.807, 2.05) is 0 Å². The van der Waals surface area contributed by atoms with Crippen LogP contribution in [0.1, 0.15) is 10.3 Å². The normalized spacial score (nSPS) is 31.9. The quantitative estimate of drug-likeness (QED) is 0.506. The molecule has 1 aliphatic rings. The molecule has 10 heteroatoms. The SMILES string of the molecule is [2H]C([2H])([2H])Oc1nc(N)c2ncn(C3O[C@H](CO)[C@@H](O)[C@H]3O)c2n1. The van der Waals surface area contributed by atoms with Crippen LogP contribution < -0.4 is 10.5 Å². The molecule has 0 saturated carbocycles. The Morgan fingerprint density at radius 2 is 2.29 bits per heavy atom. The van der Waals surface area contributed by atoms with Gasteiger partial charge in [0.2, 0.25) is 0 Å². The van der Waals surface area contributed by atoms with Gasteiger partial charge in [-0.15, -0.1) is 0 Å². The van der Waals surface area contributed by atoms with Gasteiger partial charge in [0.25, 0.3) is 0 Å². The number of fused-ring (bicyclic) bond motifs is 1. The monoisotopic (exact) mass is 300 g/mol. The van der Waals surface area contributed by atoms with E-state index in [9.17, 15) is 10.2 Å². The average Bonchev–Trinajstić information content (AvgIpc) is 3.00. The summed E-state index contributed by atoms with van der Waals surface area (Å²) in [6.07, 6.45) is -3.51. The zero-order chi connectivity index (χ0) is 17.6. The van der Waals surface area contributed by atoms with E-state index in [-0.39, 0.29) is 17.0 Å². The summed E-state index contributed by atoms with van der Waals surface area (Å²) in [5.41, 5.74) is 5.92. The second-order valence-corrected chi connectivity index (χ2v) is 4.55. The fourth-order valence-electron chi connectivity index (χ4n) is 2.26. The number of hydrogen-bond donors (Lipinski definition) is 4. The molecule has 0 amide bonds. The minimum Gasteiger partial charge on any atom is -0.467 e. The van der Waals surface area contributed by atoms with Crippen LogP contribution in [-0.4, -0.2) is 66.8 Å². The third kappa shape index (κ3) is 2.08. The van der Waals surface area contributed by atoms with Gasteiger partial charge in [0.1, 0.15) is 18.3 Å². The molecule has 21 heavy (non-hydrogen) atoms. The van der Waals surface area contributed by atoms with Crippen LogP contribution in [0.3, 0.4) is 0 Å². The summed E-state index contributed by atoms with van der Waals surface area (Å²) >= 11 is 0. The van der Waals surface area contributed by atoms with Crippen molar-refractivity contribution in [3.05, 3.63) is 6.33 Å². The second-order valence-electron chi connectivity index (χ2n) is 4.55. The van der Waals surface area contributed by atoms with E-state index >= 15 is 0 Å². The number of hydrogen-bond acceptors (Lipinski definition) is 9. The zero-order valence-electron chi connectivity index (χ0n) is 13.6. The van der Waals surface area contributed by atoms with Crippen molar-refractivity contribution >= 4 is 17.0 Å². The second kappa shape index (κ2) is 5.07. The first-order chi connectivity index (χ1) is 11.2. The highest BCUT2D eigenvalue weighted by molar-refractivity contribution is 5.82. The topological polar surface area (TPSA) is 149 Å². The molecule has 0 spiro atoms. The lowest BCUT2D eigenvalue weighted by Gasteiger charge is -2.16. The number of methoxy groups -OCH3 is 1. The first kappa shape index (κ1) is 10.7. The number of aliphatic hydroxyl groups is 3. The number of imidazole rings is 1. The highest BCUT2D eigenvalue weighted by Gasteiger charge is 2.44. The molecule has 1 aliphatic heterocycles. The number of rotatable bonds is 3. The van der Waals surface area contributed by atoms with Crippen molar-refractivity contribution in [2.45, 2.75) is 24.5 Å². The van der Waals surface area contributed by atoms with Gasteiger partial charge in [0.15, 0.2) is 23.2 Å². The minimum atomic E-state index is -2.77. The Labute approximate surface area is 123 Å². The molecule has 1 saturated heterocycles. The van der Waals surface area contributed by atoms with Crippen molar-refractivity contribution < 1.29 is 28.9 Å². The van der Waals surface area contributed by atoms with Gasteiger partial charge in [-0.25, -0.2) is 4.98 Å². The zero-order valence-corrected chi connectivity index (χ0v) is 10.6. The van der Waals surface area contributed by atoms with E-state index in [1.165, 1.54) is 10.9 Å². The van der Waals surface area contributed by atoms with Crippen molar-refractivity contribution in [2.75, 3.05) is 19.4 Å². The van der Waals surface area contributed by atoms with Crippen LogP contribution in [0.15, 0.2) is 6.33 Å². The lowest BCUT2D eigenvalue weighted by Crippen LogP contribution is -2.33. The summed E-state index contributed by atoms with van der Waals surface area (Å²) in [7, 11) is -2.77. The lowest BCUT2D eigenvalue weighted by molar-refractivity contribution is -0.0511. The predicted octanol–water partition coefficient (Wildman–Crippen LogP) is -1.97. The van der Waals surface area contributed by atoms with E-state index in [1.54, 1.807) is 0 Å². The van der Waals surface area contributed by atoms with E-state index in [0.717, 1.165) is 0 Å². The first-order valence-corrected chi connectivity index (χ1v) is 6.03. The smallest absolute Gasteiger partial charge is 0.320 e. The molecule has 0 aliphatic carbocycles. The molecule has 0 aromatic carbocycles. The standard InChI is InChI=1S/C11H15N5O5/c1-20-11-14-8(12)5-9(15-11)16(3-13-5)10-7(19)6(18)4(2-17)21-10/h3-4,6-7,10,17-19H,2H2,1H3,(H2,12,14,15)/t4-,6-,7-,10?/m1/s1/i1D3. The third-order valence-electron chi connectivity index (χ3n) is 3.31. The fourth-order valence-corrected chi connectivity index (χ4v) is 2.26. The number of aliphatic hydroxyl groups excluding tert-OH is 3. The Balaban J connectivity index is 2.03. The van der Waals surface area contributed by atoms with Crippen LogP contribution in [0.2, 0.25) is 0 Å². The highest BCUT2D eigenvalue weighted by atomic mass is 16.6. The molecular formula is C11H15N5O5. The first-order valence-electron chi connectivity index (χ1n) is 7.53. The Bertz CT molecular complexity index is 753. The Hall–Kier alpha value is -2.01. The summed E-state index contributed by atoms with van der Waals surface area (Å²) in [6.45, 7) is -0.494. The van der Waals surface area contributed by atoms with Gasteiger partial charge in [-0.05, 0) is 0 Å². The molecule has 0 bridgehead atoms. The molecule has 1 fully saturated rings. The average molecular weight is 300 g/mol. The number of nitrogen functional groups attached to an aromatic ring is 1. The molecule has 1 unspecified atom stereocenters. The van der Waals surface area contributed by atoms with Crippen LogP contribution in [0.5, 0.6) is 6.01 Å². The summed E-state index contributed by atoms with van der Waals surface area (Å²) in [4.78, 5) is 11.6. The van der Waals surface area contributed by atoms with Crippen molar-refractivity contribution in [2.24, 2.45) is 0 Å². The van der Waals surface area contributed by atoms with Crippen molar-refractivity contribution in [3.8, 4) is 6.01 Å². The molecule has 10 nitrogen and oxygen atoms in total. The third-order valence-corrected chi connectivity index (χ3v) is 3.31. The number of anilines is 1. The molecule has 3 heterocycles. The number of ether oxygens (including phenoxy) is 2. The van der Waals surface area contributed by atoms with Gasteiger partial charge in [-0.2, -0.15) is 9.97 Å². The van der Waals surface area contributed by atoms with Crippen LogP contribution in [0, 0.1) is 0 Å². The van der Waals surface area contributed by atoms with E-state index < -0.39 is 44.2 Å². The number of nitrogens with zero attached hydrogens (tertiary/aromatic N) is 4. The summed E-state index contributed by atoms with van der Waals surface area (Å²) in [5, 5.41) is 29.1. The van der Waals surface area contributed by atoms with E-state index in [2.05, 4.69) is 19.7 Å². The van der Waals surface area contributed by atoms with Gasteiger partial charge in [0, 0.05) is 0 Å². The molecule has 2 aromatic heterocycles. The van der Waals surface area contributed by atoms with Crippen LogP contribution >= 0.6 is 0 Å². The van der Waals surface area contributed by atoms with E-state index in [4.69, 9.17) is 19.7 Å². The summed E-state index contributed by atoms with van der Waals surface area (Å²) < 4.78 is 32.5. The largest absolute Gasteiger partial charge is 0.467 e. The Morgan fingerprint density at radius 3 is 2.95 bits per heavy atom. The Morgan fingerprint density at radius 1 is 1.48 bits per heavy atom. The predicted molar refractivity (Wildman–Crippen MR) is 69.3 cm³/mol. The maximum absolute atomic E-state index is 10.1. The van der Waals surface area contributed by atoms with Gasteiger partial charge in [-0.3, -0.25) is 4.57 Å². The van der Waals surface area contributed by atoms with Gasteiger partial charge in [-0.1, -0.05) is 0 Å². The molecule has 5 N–H and O–H groups in total. The molecule has 3 rings (SSSR count). The highest BCUT2D eigenvalue weighted by Crippen LogP contribution is 2.32. The lowest BCUT2D eigenvalue weighted by atomic mass is 10.1. The van der Waals surface area contributed by atoms with Crippen molar-refractivity contribution in [3.63, 3.8) is 0 Å². The molecule has 0 radical (unpaired) electrons. The maximum Gasteiger partial charge on any atom is 0.320 e. The molecular weight excluding hydrogens is 282 g/mol. The Kier molecular flexibility index (Phi) is 2.58. The van der Waals surface area contributed by atoms with Gasteiger partial charge < -0.3 is 30.5 Å². The van der Waals surface area contributed by atoms with Crippen molar-refractivity contribution in [1.82, 2.24) is 19.5 Å². The van der Waals surface area contributed by atoms with Crippen LogP contribution in [-0.2, 0) is 4.74 Å². The maximum atomic E-state index is 10.1. The van der Waals surface area contributed by atoms with Crippen molar-refractivity contribution in [1.29, 1.82) is 0 Å². The molecule has 4 atom stereocenters. The van der Waals surface area contributed by atoms with Gasteiger partial charge in [0.05, 0.1) is 24.1 Å². The molecule has 114 valence electrons. The minimum absolute atomic E-state index is 0.0524. The fraction of sp³-hybridized carbons (Fsp3) is 0.545. The van der Waals surface area contributed by atoms with Gasteiger partial charge >= 0.3 is 6.01 Å².